The van der Waals surface area contributed by atoms with Gasteiger partial charge in [0.25, 0.3) is 11.1 Å². The fourth-order valence-electron chi connectivity index (χ4n) is 4.59. The minimum absolute atomic E-state index is 0.172. The molecule has 0 spiro atoms. The Kier molecular flexibility index (Phi) is 9.14. The Labute approximate surface area is 256 Å². The Morgan fingerprint density at radius 2 is 1.76 bits per heavy atom. The first kappa shape index (κ1) is 29.3. The highest BCUT2D eigenvalue weighted by Crippen LogP contribution is 2.40. The second-order valence-electron chi connectivity index (χ2n) is 9.40. The van der Waals surface area contributed by atoms with Crippen LogP contribution in [0.15, 0.2) is 59.5 Å². The molecule has 1 fully saturated rings. The monoisotopic (exact) mass is 630 g/mol. The van der Waals surface area contributed by atoms with Crippen LogP contribution in [0.4, 0.5) is 4.79 Å². The number of halogens is 3. The van der Waals surface area contributed by atoms with Gasteiger partial charge in [0.05, 0.1) is 26.6 Å². The van der Waals surface area contributed by atoms with E-state index >= 15 is 0 Å². The number of carbonyl (C=O) groups is 3. The Hall–Kier alpha value is -3.17. The molecule has 2 aliphatic heterocycles. The normalized spacial score (nSPS) is 15.9. The molecule has 0 N–H and O–H groups in total. The van der Waals surface area contributed by atoms with E-state index in [0.717, 1.165) is 34.2 Å². The van der Waals surface area contributed by atoms with Gasteiger partial charge in [0.1, 0.15) is 13.2 Å². The molecule has 0 aliphatic carbocycles. The van der Waals surface area contributed by atoms with E-state index in [4.69, 9.17) is 44.3 Å². The molecule has 0 saturated carbocycles. The van der Waals surface area contributed by atoms with Crippen molar-refractivity contribution in [2.75, 3.05) is 19.7 Å². The first-order valence-electron chi connectivity index (χ1n) is 12.9. The van der Waals surface area contributed by atoms with Gasteiger partial charge < -0.3 is 14.4 Å². The molecule has 11 heteroatoms. The molecular weight excluding hydrogens is 607 g/mol. The molecule has 212 valence electrons. The molecule has 0 radical (unpaired) electrons. The quantitative estimate of drug-likeness (QED) is 0.244. The van der Waals surface area contributed by atoms with Crippen molar-refractivity contribution in [3.8, 4) is 11.5 Å². The van der Waals surface area contributed by atoms with Crippen LogP contribution in [0.1, 0.15) is 29.2 Å². The van der Waals surface area contributed by atoms with E-state index in [0.29, 0.717) is 46.8 Å². The van der Waals surface area contributed by atoms with Crippen LogP contribution in [-0.4, -0.2) is 46.5 Å². The molecule has 1 saturated heterocycles. The zero-order chi connectivity index (χ0) is 29.1. The van der Waals surface area contributed by atoms with E-state index in [1.165, 1.54) is 5.56 Å². The van der Waals surface area contributed by atoms with Crippen LogP contribution >= 0.6 is 46.6 Å². The van der Waals surface area contributed by atoms with Crippen LogP contribution < -0.4 is 9.47 Å². The predicted octanol–water partition coefficient (Wildman–Crippen LogP) is 7.25. The second kappa shape index (κ2) is 12.8. The summed E-state index contributed by atoms with van der Waals surface area (Å²) in [6.45, 7) is 3.04. The molecule has 3 aromatic carbocycles. The lowest BCUT2D eigenvalue weighted by Crippen LogP contribution is -2.44. The molecule has 3 aromatic rings. The van der Waals surface area contributed by atoms with Gasteiger partial charge in [0, 0.05) is 13.1 Å². The van der Waals surface area contributed by atoms with Gasteiger partial charge in [-0.3, -0.25) is 19.3 Å². The van der Waals surface area contributed by atoms with E-state index in [1.54, 1.807) is 41.3 Å². The maximum Gasteiger partial charge on any atom is 0.294 e. The first-order valence-corrected chi connectivity index (χ1v) is 14.8. The lowest BCUT2D eigenvalue weighted by Gasteiger charge is -2.29. The summed E-state index contributed by atoms with van der Waals surface area (Å²) < 4.78 is 11.7. The lowest BCUT2D eigenvalue weighted by atomic mass is 10.00. The van der Waals surface area contributed by atoms with Gasteiger partial charge in [-0.15, -0.1) is 0 Å². The van der Waals surface area contributed by atoms with Crippen molar-refractivity contribution >= 4 is 69.7 Å². The van der Waals surface area contributed by atoms with Gasteiger partial charge in [-0.05, 0) is 77.7 Å². The fraction of sp³-hybridized carbons (Fsp3) is 0.233. The minimum Gasteiger partial charge on any atom is -0.490 e. The number of ether oxygens (including phenoxy) is 2. The SMILES string of the molecule is CCOc1cc(/C=C2\SC(=O)N(CC(=O)N3CCc4ccccc4C3)C2=O)cc(Cl)c1OCc1ccc(Cl)c(Cl)c1. The van der Waals surface area contributed by atoms with Gasteiger partial charge in [-0.25, -0.2) is 0 Å². The Morgan fingerprint density at radius 1 is 0.976 bits per heavy atom. The molecule has 0 bridgehead atoms. The molecule has 0 aromatic heterocycles. The van der Waals surface area contributed by atoms with Crippen molar-refractivity contribution in [3.63, 3.8) is 0 Å². The van der Waals surface area contributed by atoms with Crippen LogP contribution in [0.25, 0.3) is 6.08 Å². The third-order valence-corrected chi connectivity index (χ3v) is 8.57. The number of fused-ring (bicyclic) bond motifs is 1. The Bertz CT molecular complexity index is 1560. The number of imide groups is 1. The van der Waals surface area contributed by atoms with Gasteiger partial charge >= 0.3 is 0 Å². The molecule has 3 amide bonds. The topological polar surface area (TPSA) is 76.2 Å². The molecule has 0 unspecified atom stereocenters. The number of hydrogen-bond acceptors (Lipinski definition) is 6. The summed E-state index contributed by atoms with van der Waals surface area (Å²) in [6.07, 6.45) is 2.30. The number of amides is 3. The van der Waals surface area contributed by atoms with Crippen LogP contribution in [0.3, 0.4) is 0 Å². The van der Waals surface area contributed by atoms with Crippen molar-refractivity contribution in [2.45, 2.75) is 26.5 Å². The van der Waals surface area contributed by atoms with Crippen molar-refractivity contribution in [1.82, 2.24) is 9.80 Å². The summed E-state index contributed by atoms with van der Waals surface area (Å²) in [7, 11) is 0. The highest BCUT2D eigenvalue weighted by molar-refractivity contribution is 8.18. The highest BCUT2D eigenvalue weighted by Gasteiger charge is 2.37. The number of rotatable bonds is 8. The van der Waals surface area contributed by atoms with E-state index in [1.807, 2.05) is 25.1 Å². The maximum atomic E-state index is 13.1. The zero-order valence-electron chi connectivity index (χ0n) is 22.0. The minimum atomic E-state index is -0.528. The Balaban J connectivity index is 1.29. The summed E-state index contributed by atoms with van der Waals surface area (Å²) in [6, 6.07) is 16.4. The number of hydrogen-bond donors (Lipinski definition) is 0. The molecule has 0 atom stereocenters. The summed E-state index contributed by atoms with van der Waals surface area (Å²) in [4.78, 5) is 41.7. The molecule has 7 nitrogen and oxygen atoms in total. The fourth-order valence-corrected chi connectivity index (χ4v) is 6.02. The number of carbonyl (C=O) groups excluding carboxylic acids is 3. The number of thioether (sulfide) groups is 1. The first-order chi connectivity index (χ1) is 19.7. The number of nitrogens with zero attached hydrogens (tertiary/aromatic N) is 2. The van der Waals surface area contributed by atoms with Crippen LogP contribution in [0, 0.1) is 0 Å². The van der Waals surface area contributed by atoms with E-state index in [2.05, 4.69) is 6.07 Å². The highest BCUT2D eigenvalue weighted by atomic mass is 35.5. The van der Waals surface area contributed by atoms with Gasteiger partial charge in [-0.2, -0.15) is 0 Å². The van der Waals surface area contributed by atoms with E-state index in [9.17, 15) is 14.4 Å². The average molecular weight is 632 g/mol. The van der Waals surface area contributed by atoms with Crippen molar-refractivity contribution < 1.29 is 23.9 Å². The molecule has 2 aliphatic rings. The van der Waals surface area contributed by atoms with E-state index in [-0.39, 0.29) is 29.0 Å². The molecule has 5 rings (SSSR count). The summed E-state index contributed by atoms with van der Waals surface area (Å²) in [5.74, 6) is -0.0855. The van der Waals surface area contributed by atoms with Crippen molar-refractivity contribution in [3.05, 3.63) is 96.8 Å². The number of benzene rings is 3. The third kappa shape index (κ3) is 6.67. The standard InChI is InChI=1S/C30H25Cl3N2O5S/c1-2-39-25-13-19(12-24(33)28(25)40-17-18-7-8-22(31)23(32)11-18)14-26-29(37)35(30(38)41-26)16-27(36)34-10-9-20-5-3-4-6-21(20)15-34/h3-8,11-14H,2,9-10,15-17H2,1H3/b26-14-. The molecule has 41 heavy (non-hydrogen) atoms. The summed E-state index contributed by atoms with van der Waals surface area (Å²) >= 11 is 19.4. The van der Waals surface area contributed by atoms with Crippen LogP contribution in [0.2, 0.25) is 15.1 Å². The smallest absolute Gasteiger partial charge is 0.294 e. The second-order valence-corrected chi connectivity index (χ2v) is 11.6. The zero-order valence-corrected chi connectivity index (χ0v) is 25.1. The average Bonchev–Trinajstić information content (AvgIpc) is 3.21. The third-order valence-electron chi connectivity index (χ3n) is 6.65. The van der Waals surface area contributed by atoms with Crippen molar-refractivity contribution in [2.24, 2.45) is 0 Å². The van der Waals surface area contributed by atoms with Crippen molar-refractivity contribution in [1.29, 1.82) is 0 Å². The maximum absolute atomic E-state index is 13.1. The largest absolute Gasteiger partial charge is 0.490 e. The van der Waals surface area contributed by atoms with E-state index < -0.39 is 11.1 Å². The Morgan fingerprint density at radius 3 is 2.51 bits per heavy atom. The van der Waals surface area contributed by atoms with Gasteiger partial charge in [-0.1, -0.05) is 65.1 Å². The lowest BCUT2D eigenvalue weighted by molar-refractivity contribution is -0.136. The van der Waals surface area contributed by atoms with Gasteiger partial charge in [0.2, 0.25) is 5.91 Å². The predicted molar refractivity (Wildman–Crippen MR) is 162 cm³/mol. The molecular formula is C30H25Cl3N2O5S. The van der Waals surface area contributed by atoms with Gasteiger partial charge in [0.15, 0.2) is 11.5 Å². The summed E-state index contributed by atoms with van der Waals surface area (Å²) in [5.41, 5.74) is 3.62. The van der Waals surface area contributed by atoms with Crippen LogP contribution in [-0.2, 0) is 29.2 Å². The van der Waals surface area contributed by atoms with Crippen LogP contribution in [0.5, 0.6) is 11.5 Å². The summed E-state index contributed by atoms with van der Waals surface area (Å²) in [5, 5.41) is 0.627. The molecule has 2 heterocycles.